The summed E-state index contributed by atoms with van der Waals surface area (Å²) in [5, 5.41) is 9.25. The lowest BCUT2D eigenvalue weighted by Gasteiger charge is -2.34. The lowest BCUT2D eigenvalue weighted by atomic mass is 9.96. The Morgan fingerprint density at radius 3 is 2.50 bits per heavy atom. The zero-order chi connectivity index (χ0) is 17.1. The fourth-order valence-corrected chi connectivity index (χ4v) is 3.68. The Bertz CT molecular complexity index is 599. The van der Waals surface area contributed by atoms with Crippen molar-refractivity contribution in [1.82, 2.24) is 9.80 Å². The maximum atomic E-state index is 12.7. The van der Waals surface area contributed by atoms with Crippen molar-refractivity contribution in [3.63, 3.8) is 0 Å². The number of rotatable bonds is 3. The number of benzene rings is 1. The number of aliphatic hydroxyl groups excluding tert-OH is 1. The summed E-state index contributed by atoms with van der Waals surface area (Å²) in [6.07, 6.45) is 2.59. The van der Waals surface area contributed by atoms with E-state index in [4.69, 9.17) is 0 Å². The van der Waals surface area contributed by atoms with Gasteiger partial charge in [-0.2, -0.15) is 0 Å². The predicted octanol–water partition coefficient (Wildman–Crippen LogP) is 1.69. The molecule has 0 radical (unpaired) electrons. The van der Waals surface area contributed by atoms with Crippen molar-refractivity contribution in [1.29, 1.82) is 0 Å². The van der Waals surface area contributed by atoms with Crippen molar-refractivity contribution in [2.45, 2.75) is 26.2 Å². The van der Waals surface area contributed by atoms with Gasteiger partial charge in [0.1, 0.15) is 0 Å². The number of hydrogen-bond acceptors (Lipinski definition) is 3. The van der Waals surface area contributed by atoms with Crippen LogP contribution in [0.2, 0.25) is 0 Å². The Labute approximate surface area is 143 Å². The van der Waals surface area contributed by atoms with E-state index >= 15 is 0 Å². The van der Waals surface area contributed by atoms with Gasteiger partial charge < -0.3 is 14.9 Å². The molecule has 5 heteroatoms. The van der Waals surface area contributed by atoms with Crippen LogP contribution in [0.15, 0.2) is 24.3 Å². The van der Waals surface area contributed by atoms with Crippen molar-refractivity contribution in [3.8, 4) is 0 Å². The third-order valence-electron chi connectivity index (χ3n) is 5.21. The SMILES string of the molecule is Cc1ccc(C(=O)N2CCCC(C(=O)N3CCC(CO)C3)C2)cc1. The summed E-state index contributed by atoms with van der Waals surface area (Å²) in [5.74, 6) is 0.267. The molecular weight excluding hydrogens is 304 g/mol. The van der Waals surface area contributed by atoms with Crippen molar-refractivity contribution >= 4 is 11.8 Å². The molecule has 2 aliphatic heterocycles. The monoisotopic (exact) mass is 330 g/mol. The molecule has 130 valence electrons. The van der Waals surface area contributed by atoms with Gasteiger partial charge in [-0.05, 0) is 38.3 Å². The van der Waals surface area contributed by atoms with Gasteiger partial charge in [-0.3, -0.25) is 9.59 Å². The molecule has 2 aliphatic rings. The highest BCUT2D eigenvalue weighted by atomic mass is 16.3. The van der Waals surface area contributed by atoms with Crippen LogP contribution in [0.25, 0.3) is 0 Å². The number of carbonyl (C=O) groups excluding carboxylic acids is 2. The minimum absolute atomic E-state index is 0.0159. The van der Waals surface area contributed by atoms with E-state index in [0.29, 0.717) is 18.7 Å². The fraction of sp³-hybridized carbons (Fsp3) is 0.579. The highest BCUT2D eigenvalue weighted by Crippen LogP contribution is 2.24. The highest BCUT2D eigenvalue weighted by Gasteiger charge is 2.34. The number of amides is 2. The van der Waals surface area contributed by atoms with Gasteiger partial charge in [0.05, 0.1) is 5.92 Å². The fourth-order valence-electron chi connectivity index (χ4n) is 3.68. The molecule has 24 heavy (non-hydrogen) atoms. The van der Waals surface area contributed by atoms with Gasteiger partial charge in [0, 0.05) is 44.3 Å². The molecule has 1 aromatic carbocycles. The Morgan fingerprint density at radius 2 is 1.83 bits per heavy atom. The minimum Gasteiger partial charge on any atom is -0.396 e. The minimum atomic E-state index is -0.106. The van der Waals surface area contributed by atoms with E-state index in [1.807, 2.05) is 41.0 Å². The van der Waals surface area contributed by atoms with Gasteiger partial charge in [-0.25, -0.2) is 0 Å². The maximum absolute atomic E-state index is 12.7. The van der Waals surface area contributed by atoms with Gasteiger partial charge in [0.2, 0.25) is 5.91 Å². The number of nitrogens with zero attached hydrogens (tertiary/aromatic N) is 2. The number of aliphatic hydroxyl groups is 1. The molecule has 2 saturated heterocycles. The molecule has 2 unspecified atom stereocenters. The first-order valence-corrected chi connectivity index (χ1v) is 8.84. The molecule has 0 spiro atoms. The van der Waals surface area contributed by atoms with Crippen LogP contribution in [0.5, 0.6) is 0 Å². The van der Waals surface area contributed by atoms with Gasteiger partial charge >= 0.3 is 0 Å². The van der Waals surface area contributed by atoms with E-state index in [9.17, 15) is 14.7 Å². The predicted molar refractivity (Wildman–Crippen MR) is 91.6 cm³/mol. The Balaban J connectivity index is 1.62. The van der Waals surface area contributed by atoms with Crippen LogP contribution >= 0.6 is 0 Å². The summed E-state index contributed by atoms with van der Waals surface area (Å²) in [6, 6.07) is 7.60. The van der Waals surface area contributed by atoms with Crippen molar-refractivity contribution in [2.24, 2.45) is 11.8 Å². The number of piperidine rings is 1. The standard InChI is InChI=1S/C19H26N2O3/c1-14-4-6-16(7-5-14)18(23)20-9-2-3-17(12-20)19(24)21-10-8-15(11-21)13-22/h4-7,15,17,22H,2-3,8-13H2,1H3. The van der Waals surface area contributed by atoms with Crippen molar-refractivity contribution in [2.75, 3.05) is 32.8 Å². The molecule has 0 aromatic heterocycles. The molecule has 1 aromatic rings. The molecular formula is C19H26N2O3. The second-order valence-corrected chi connectivity index (χ2v) is 7.08. The summed E-state index contributed by atoms with van der Waals surface area (Å²) in [7, 11) is 0. The van der Waals surface area contributed by atoms with Crippen LogP contribution in [-0.2, 0) is 4.79 Å². The van der Waals surface area contributed by atoms with E-state index in [0.717, 1.165) is 37.9 Å². The van der Waals surface area contributed by atoms with E-state index in [2.05, 4.69) is 0 Å². The van der Waals surface area contributed by atoms with E-state index < -0.39 is 0 Å². The Morgan fingerprint density at radius 1 is 1.08 bits per heavy atom. The second kappa shape index (κ2) is 7.34. The quantitative estimate of drug-likeness (QED) is 0.917. The first-order chi connectivity index (χ1) is 11.6. The number of carbonyl (C=O) groups is 2. The smallest absolute Gasteiger partial charge is 0.253 e. The molecule has 1 N–H and O–H groups in total. The molecule has 2 atom stereocenters. The molecule has 2 amide bonds. The van der Waals surface area contributed by atoms with Crippen molar-refractivity contribution in [3.05, 3.63) is 35.4 Å². The topological polar surface area (TPSA) is 60.9 Å². The normalized spacial score (nSPS) is 24.2. The lowest BCUT2D eigenvalue weighted by molar-refractivity contribution is -0.136. The van der Waals surface area contributed by atoms with Crippen molar-refractivity contribution < 1.29 is 14.7 Å². The lowest BCUT2D eigenvalue weighted by Crippen LogP contribution is -2.46. The zero-order valence-electron chi connectivity index (χ0n) is 14.3. The molecule has 0 aliphatic carbocycles. The van der Waals surface area contributed by atoms with Crippen LogP contribution in [-0.4, -0.2) is 59.5 Å². The summed E-state index contributed by atoms with van der Waals surface area (Å²) in [5.41, 5.74) is 1.82. The average molecular weight is 330 g/mol. The first-order valence-electron chi connectivity index (χ1n) is 8.84. The van der Waals surface area contributed by atoms with Gasteiger partial charge in [0.25, 0.3) is 5.91 Å². The van der Waals surface area contributed by atoms with E-state index in [1.54, 1.807) is 0 Å². The summed E-state index contributed by atoms with van der Waals surface area (Å²) >= 11 is 0. The summed E-state index contributed by atoms with van der Waals surface area (Å²) in [4.78, 5) is 29.1. The van der Waals surface area contributed by atoms with Gasteiger partial charge in [-0.15, -0.1) is 0 Å². The van der Waals surface area contributed by atoms with Crippen LogP contribution in [0.3, 0.4) is 0 Å². The van der Waals surface area contributed by atoms with Crippen LogP contribution in [0.1, 0.15) is 35.2 Å². The van der Waals surface area contributed by atoms with E-state index in [1.165, 1.54) is 0 Å². The molecule has 5 nitrogen and oxygen atoms in total. The zero-order valence-corrected chi connectivity index (χ0v) is 14.3. The molecule has 0 saturated carbocycles. The third-order valence-corrected chi connectivity index (χ3v) is 5.21. The molecule has 3 rings (SSSR count). The third kappa shape index (κ3) is 3.61. The summed E-state index contributed by atoms with van der Waals surface area (Å²) in [6.45, 7) is 4.75. The van der Waals surface area contributed by atoms with Gasteiger partial charge in [-0.1, -0.05) is 17.7 Å². The second-order valence-electron chi connectivity index (χ2n) is 7.08. The summed E-state index contributed by atoms with van der Waals surface area (Å²) < 4.78 is 0. The average Bonchev–Trinajstić information content (AvgIpc) is 3.10. The van der Waals surface area contributed by atoms with Gasteiger partial charge in [0.15, 0.2) is 0 Å². The number of aryl methyl sites for hydroxylation is 1. The first kappa shape index (κ1) is 17.0. The van der Waals surface area contributed by atoms with E-state index in [-0.39, 0.29) is 30.3 Å². The Hall–Kier alpha value is -1.88. The maximum Gasteiger partial charge on any atom is 0.253 e. The Kier molecular flexibility index (Phi) is 5.19. The van der Waals surface area contributed by atoms with Crippen LogP contribution in [0, 0.1) is 18.8 Å². The van der Waals surface area contributed by atoms with Crippen LogP contribution in [0.4, 0.5) is 0 Å². The number of likely N-dealkylation sites (tertiary alicyclic amines) is 2. The number of hydrogen-bond donors (Lipinski definition) is 1. The molecule has 2 fully saturated rings. The largest absolute Gasteiger partial charge is 0.396 e. The molecule has 2 heterocycles. The highest BCUT2D eigenvalue weighted by molar-refractivity contribution is 5.94. The molecule has 0 bridgehead atoms. The van der Waals surface area contributed by atoms with Crippen LogP contribution < -0.4 is 0 Å².